The zero-order valence-electron chi connectivity index (χ0n) is 8.68. The van der Waals surface area contributed by atoms with Crippen LogP contribution in [0.5, 0.6) is 0 Å². The second-order valence-electron chi connectivity index (χ2n) is 3.47. The van der Waals surface area contributed by atoms with Gasteiger partial charge in [0.15, 0.2) is 5.76 Å². The first-order chi connectivity index (χ1) is 8.33. The Morgan fingerprint density at radius 3 is 3.12 bits per heavy atom. The van der Waals surface area contributed by atoms with Gasteiger partial charge in [0.2, 0.25) is 0 Å². The lowest BCUT2D eigenvalue weighted by Gasteiger charge is -1.97. The number of H-pyrrole nitrogens is 1. The number of nitrogens with zero attached hydrogens (tertiary/aromatic N) is 2. The van der Waals surface area contributed by atoms with Crippen molar-refractivity contribution in [3.8, 4) is 0 Å². The number of hydrogen-bond donors (Lipinski definition) is 2. The van der Waals surface area contributed by atoms with E-state index in [4.69, 9.17) is 4.42 Å². The quantitative estimate of drug-likeness (QED) is 0.700. The number of anilines is 1. The first-order valence-electron chi connectivity index (χ1n) is 4.96. The third-order valence-corrected chi connectivity index (χ3v) is 2.30. The van der Waals surface area contributed by atoms with Crippen molar-refractivity contribution in [1.29, 1.82) is 0 Å². The summed E-state index contributed by atoms with van der Waals surface area (Å²) in [7, 11) is 0. The topological polar surface area (TPSA) is 83.8 Å². The second-order valence-corrected chi connectivity index (χ2v) is 3.47. The maximum absolute atomic E-state index is 11.8. The summed E-state index contributed by atoms with van der Waals surface area (Å²) in [6.45, 7) is 0. The molecule has 3 aromatic rings. The molecule has 0 bridgehead atoms. The van der Waals surface area contributed by atoms with Crippen molar-refractivity contribution in [2.45, 2.75) is 0 Å². The molecule has 0 aliphatic heterocycles. The van der Waals surface area contributed by atoms with Gasteiger partial charge in [-0.3, -0.25) is 14.9 Å². The van der Waals surface area contributed by atoms with E-state index in [1.54, 1.807) is 30.7 Å². The minimum absolute atomic E-state index is 0.245. The largest absolute Gasteiger partial charge is 0.451 e. The van der Waals surface area contributed by atoms with Crippen LogP contribution in [0.25, 0.3) is 11.0 Å². The van der Waals surface area contributed by atoms with Crippen LogP contribution in [-0.2, 0) is 0 Å². The molecule has 0 fully saturated rings. The number of fused-ring (bicyclic) bond motifs is 1. The number of amides is 1. The van der Waals surface area contributed by atoms with Crippen LogP contribution in [0.3, 0.4) is 0 Å². The van der Waals surface area contributed by atoms with Crippen LogP contribution < -0.4 is 5.32 Å². The van der Waals surface area contributed by atoms with Gasteiger partial charge in [-0.1, -0.05) is 0 Å². The van der Waals surface area contributed by atoms with Crippen LogP contribution in [-0.4, -0.2) is 21.1 Å². The molecule has 0 saturated carbocycles. The molecule has 0 aromatic carbocycles. The molecule has 0 unspecified atom stereocenters. The molecule has 6 nitrogen and oxygen atoms in total. The van der Waals surface area contributed by atoms with E-state index in [2.05, 4.69) is 20.5 Å². The molecule has 3 rings (SSSR count). The lowest BCUT2D eigenvalue weighted by atomic mass is 10.3. The summed E-state index contributed by atoms with van der Waals surface area (Å²) in [6.07, 6.45) is 6.36. The fourth-order valence-corrected chi connectivity index (χ4v) is 1.51. The molecule has 17 heavy (non-hydrogen) atoms. The van der Waals surface area contributed by atoms with Crippen molar-refractivity contribution >= 4 is 22.6 Å². The molecule has 0 spiro atoms. The van der Waals surface area contributed by atoms with E-state index in [0.29, 0.717) is 11.3 Å². The molecule has 3 aromatic heterocycles. The number of pyridine rings is 1. The van der Waals surface area contributed by atoms with Crippen LogP contribution in [0.4, 0.5) is 5.69 Å². The second kappa shape index (κ2) is 3.75. The molecule has 84 valence electrons. The average molecular weight is 228 g/mol. The van der Waals surface area contributed by atoms with Crippen molar-refractivity contribution in [3.05, 3.63) is 42.7 Å². The van der Waals surface area contributed by atoms with E-state index in [0.717, 1.165) is 5.39 Å². The minimum Gasteiger partial charge on any atom is -0.451 e. The Hall–Kier alpha value is -2.63. The van der Waals surface area contributed by atoms with E-state index in [1.165, 1.54) is 6.20 Å². The number of nitrogens with one attached hydrogen (secondary N) is 2. The van der Waals surface area contributed by atoms with E-state index >= 15 is 0 Å². The lowest BCUT2D eigenvalue weighted by molar-refractivity contribution is 0.0998. The van der Waals surface area contributed by atoms with Crippen LogP contribution in [0.15, 0.2) is 41.3 Å². The normalized spacial score (nSPS) is 10.6. The van der Waals surface area contributed by atoms with Gasteiger partial charge in [-0.05, 0) is 12.1 Å². The zero-order chi connectivity index (χ0) is 11.7. The van der Waals surface area contributed by atoms with Crippen LogP contribution in [0.2, 0.25) is 0 Å². The van der Waals surface area contributed by atoms with Gasteiger partial charge < -0.3 is 9.73 Å². The molecule has 0 saturated heterocycles. The number of carbonyl (C=O) groups excluding carboxylic acids is 1. The van der Waals surface area contributed by atoms with Gasteiger partial charge in [0.1, 0.15) is 5.58 Å². The molecule has 0 aliphatic rings. The Labute approximate surface area is 95.7 Å². The molecule has 0 aliphatic carbocycles. The van der Waals surface area contributed by atoms with Gasteiger partial charge in [0, 0.05) is 24.0 Å². The van der Waals surface area contributed by atoms with Gasteiger partial charge in [-0.25, -0.2) is 0 Å². The van der Waals surface area contributed by atoms with Crippen molar-refractivity contribution in [2.75, 3.05) is 5.32 Å². The number of aromatic nitrogens is 3. The van der Waals surface area contributed by atoms with Crippen molar-refractivity contribution in [1.82, 2.24) is 15.2 Å². The molecular weight excluding hydrogens is 220 g/mol. The highest BCUT2D eigenvalue weighted by molar-refractivity contribution is 6.04. The fourth-order valence-electron chi connectivity index (χ4n) is 1.51. The smallest absolute Gasteiger partial charge is 0.291 e. The third kappa shape index (κ3) is 1.76. The van der Waals surface area contributed by atoms with Gasteiger partial charge >= 0.3 is 0 Å². The van der Waals surface area contributed by atoms with E-state index in [-0.39, 0.29) is 11.7 Å². The number of aromatic amines is 1. The lowest BCUT2D eigenvalue weighted by Crippen LogP contribution is -2.09. The van der Waals surface area contributed by atoms with Crippen LogP contribution >= 0.6 is 0 Å². The summed E-state index contributed by atoms with van der Waals surface area (Å²) in [5.41, 5.74) is 1.23. The van der Waals surface area contributed by atoms with Gasteiger partial charge in [-0.15, -0.1) is 0 Å². The van der Waals surface area contributed by atoms with Crippen LogP contribution in [0, 0.1) is 0 Å². The summed E-state index contributed by atoms with van der Waals surface area (Å²) in [6, 6.07) is 3.36. The molecule has 0 radical (unpaired) electrons. The summed E-state index contributed by atoms with van der Waals surface area (Å²) >= 11 is 0. The predicted molar refractivity (Wildman–Crippen MR) is 60.5 cm³/mol. The standard InChI is InChI=1S/C11H8N4O2/c16-11(15-8-5-13-14-6-8)10-3-7-4-12-2-1-9(7)17-10/h1-6H,(H,13,14)(H,15,16). The first kappa shape index (κ1) is 9.59. The van der Waals surface area contributed by atoms with Gasteiger partial charge in [0.25, 0.3) is 5.91 Å². The highest BCUT2D eigenvalue weighted by Crippen LogP contribution is 2.18. The number of furan rings is 1. The van der Waals surface area contributed by atoms with E-state index < -0.39 is 0 Å². The number of carbonyl (C=O) groups is 1. The van der Waals surface area contributed by atoms with E-state index in [9.17, 15) is 4.79 Å². The Morgan fingerprint density at radius 2 is 2.35 bits per heavy atom. The van der Waals surface area contributed by atoms with E-state index in [1.807, 2.05) is 0 Å². The van der Waals surface area contributed by atoms with Crippen molar-refractivity contribution in [3.63, 3.8) is 0 Å². The van der Waals surface area contributed by atoms with Crippen molar-refractivity contribution in [2.24, 2.45) is 0 Å². The summed E-state index contributed by atoms with van der Waals surface area (Å²) in [5, 5.41) is 9.79. The third-order valence-electron chi connectivity index (χ3n) is 2.30. The highest BCUT2D eigenvalue weighted by atomic mass is 16.3. The SMILES string of the molecule is O=C(Nc1cn[nH]c1)c1cc2cnccc2o1. The molecule has 2 N–H and O–H groups in total. The molecular formula is C11H8N4O2. The summed E-state index contributed by atoms with van der Waals surface area (Å²) < 4.78 is 5.40. The molecule has 0 atom stereocenters. The number of rotatable bonds is 2. The molecule has 6 heteroatoms. The maximum atomic E-state index is 11.8. The Bertz CT molecular complexity index is 624. The monoisotopic (exact) mass is 228 g/mol. The Morgan fingerprint density at radius 1 is 1.41 bits per heavy atom. The fraction of sp³-hybridized carbons (Fsp3) is 0. The minimum atomic E-state index is -0.317. The molecule has 3 heterocycles. The van der Waals surface area contributed by atoms with Crippen LogP contribution in [0.1, 0.15) is 10.6 Å². The Kier molecular flexibility index (Phi) is 2.11. The molecule has 1 amide bonds. The predicted octanol–water partition coefficient (Wildman–Crippen LogP) is 1.80. The highest BCUT2D eigenvalue weighted by Gasteiger charge is 2.12. The maximum Gasteiger partial charge on any atom is 0.291 e. The van der Waals surface area contributed by atoms with Gasteiger partial charge in [0.05, 0.1) is 11.9 Å². The summed E-state index contributed by atoms with van der Waals surface area (Å²) in [4.78, 5) is 15.8. The Balaban J connectivity index is 1.90. The number of hydrogen-bond acceptors (Lipinski definition) is 4. The summed E-state index contributed by atoms with van der Waals surface area (Å²) in [5.74, 6) is -0.0724. The zero-order valence-corrected chi connectivity index (χ0v) is 8.68. The van der Waals surface area contributed by atoms with Gasteiger partial charge in [-0.2, -0.15) is 5.10 Å². The first-order valence-corrected chi connectivity index (χ1v) is 4.96. The average Bonchev–Trinajstić information content (AvgIpc) is 2.96. The van der Waals surface area contributed by atoms with Crippen molar-refractivity contribution < 1.29 is 9.21 Å².